The lowest BCUT2D eigenvalue weighted by Crippen LogP contribution is -2.40. The second-order valence-corrected chi connectivity index (χ2v) is 5.61. The molecule has 2 aromatic heterocycles. The number of H-pyrrole nitrogens is 1. The fraction of sp³-hybridized carbons (Fsp3) is 0.500. The molecule has 2 aromatic rings. The van der Waals surface area contributed by atoms with Gasteiger partial charge in [-0.3, -0.25) is 9.48 Å². The van der Waals surface area contributed by atoms with Crippen LogP contribution in [0.2, 0.25) is 0 Å². The number of aromatic amines is 1. The van der Waals surface area contributed by atoms with Gasteiger partial charge in [-0.15, -0.1) is 0 Å². The van der Waals surface area contributed by atoms with Crippen LogP contribution >= 0.6 is 0 Å². The van der Waals surface area contributed by atoms with Gasteiger partial charge in [0.15, 0.2) is 0 Å². The summed E-state index contributed by atoms with van der Waals surface area (Å²) in [5, 5.41) is 3.97. The van der Waals surface area contributed by atoms with Crippen molar-refractivity contribution in [1.29, 1.82) is 0 Å². The Labute approximate surface area is 130 Å². The summed E-state index contributed by atoms with van der Waals surface area (Å²) in [6.45, 7) is 0.919. The Hall–Kier alpha value is -2.32. The maximum Gasteiger partial charge on any atom is 0.432 e. The molecule has 1 aliphatic rings. The molecule has 1 N–H and O–H groups in total. The fourth-order valence-corrected chi connectivity index (χ4v) is 2.82. The van der Waals surface area contributed by atoms with Gasteiger partial charge in [0, 0.05) is 32.3 Å². The van der Waals surface area contributed by atoms with Gasteiger partial charge < -0.3 is 9.88 Å². The van der Waals surface area contributed by atoms with Crippen LogP contribution in [-0.4, -0.2) is 43.6 Å². The summed E-state index contributed by atoms with van der Waals surface area (Å²) in [5.74, 6) is -0.117. The molecule has 9 heteroatoms. The molecule has 0 bridgehead atoms. The fourth-order valence-electron chi connectivity index (χ4n) is 2.82. The van der Waals surface area contributed by atoms with Crippen LogP contribution in [0.4, 0.5) is 13.2 Å². The lowest BCUT2D eigenvalue weighted by molar-refractivity contribution is -0.141. The average Bonchev–Trinajstić information content (AvgIpc) is 3.15. The molecule has 1 unspecified atom stereocenters. The number of likely N-dealkylation sites (tertiary alicyclic amines) is 1. The van der Waals surface area contributed by atoms with Gasteiger partial charge in [-0.25, -0.2) is 4.98 Å². The molecule has 0 radical (unpaired) electrons. The van der Waals surface area contributed by atoms with E-state index in [1.807, 2.05) is 0 Å². The number of aromatic nitrogens is 4. The number of nitrogens with one attached hydrogen (secondary N) is 1. The van der Waals surface area contributed by atoms with E-state index >= 15 is 0 Å². The van der Waals surface area contributed by atoms with Crippen molar-refractivity contribution < 1.29 is 18.0 Å². The van der Waals surface area contributed by atoms with E-state index in [-0.39, 0.29) is 17.6 Å². The van der Waals surface area contributed by atoms with Crippen LogP contribution in [0.5, 0.6) is 0 Å². The highest BCUT2D eigenvalue weighted by Gasteiger charge is 2.35. The molecule has 1 atom stereocenters. The van der Waals surface area contributed by atoms with Crippen molar-refractivity contribution in [3.8, 4) is 0 Å². The molecule has 0 aromatic carbocycles. The van der Waals surface area contributed by atoms with E-state index in [4.69, 9.17) is 0 Å². The third kappa shape index (κ3) is 3.08. The number of rotatable bonds is 2. The zero-order valence-corrected chi connectivity index (χ0v) is 12.5. The van der Waals surface area contributed by atoms with E-state index in [0.29, 0.717) is 25.2 Å². The highest BCUT2D eigenvalue weighted by molar-refractivity contribution is 5.92. The highest BCUT2D eigenvalue weighted by atomic mass is 19.4. The molecule has 1 fully saturated rings. The number of nitrogens with zero attached hydrogens (tertiary/aromatic N) is 4. The van der Waals surface area contributed by atoms with Gasteiger partial charge in [-0.2, -0.15) is 18.3 Å². The lowest BCUT2D eigenvalue weighted by atomic mass is 9.97. The SMILES string of the molecule is Cn1nccc1C(=O)N1CCCC(c2ncc(C(F)(F)F)[nH]2)C1. The molecule has 23 heavy (non-hydrogen) atoms. The minimum atomic E-state index is -4.44. The third-order valence-electron chi connectivity index (χ3n) is 4.04. The Morgan fingerprint density at radius 2 is 2.22 bits per heavy atom. The van der Waals surface area contributed by atoms with Crippen molar-refractivity contribution >= 4 is 5.91 Å². The monoisotopic (exact) mass is 327 g/mol. The van der Waals surface area contributed by atoms with Crippen molar-refractivity contribution in [2.24, 2.45) is 7.05 Å². The van der Waals surface area contributed by atoms with Crippen molar-refractivity contribution in [1.82, 2.24) is 24.6 Å². The quantitative estimate of drug-likeness (QED) is 0.919. The highest BCUT2D eigenvalue weighted by Crippen LogP contribution is 2.31. The molecular weight excluding hydrogens is 311 g/mol. The number of aryl methyl sites for hydroxylation is 1. The predicted octanol–water partition coefficient (Wildman–Crippen LogP) is 2.18. The Kier molecular flexibility index (Phi) is 3.87. The molecule has 1 amide bonds. The number of hydrogen-bond acceptors (Lipinski definition) is 3. The van der Waals surface area contributed by atoms with Crippen LogP contribution in [0.3, 0.4) is 0 Å². The summed E-state index contributed by atoms with van der Waals surface area (Å²) in [6.07, 6.45) is -0.686. The maximum atomic E-state index is 12.7. The first-order valence-corrected chi connectivity index (χ1v) is 7.25. The van der Waals surface area contributed by atoms with Gasteiger partial charge in [-0.05, 0) is 18.9 Å². The van der Waals surface area contributed by atoms with Gasteiger partial charge >= 0.3 is 6.18 Å². The molecular formula is C14H16F3N5O. The summed E-state index contributed by atoms with van der Waals surface area (Å²) in [5.41, 5.74) is -0.399. The minimum absolute atomic E-state index is 0.169. The normalized spacial score (nSPS) is 19.1. The Morgan fingerprint density at radius 1 is 1.43 bits per heavy atom. The van der Waals surface area contributed by atoms with Crippen LogP contribution in [0.15, 0.2) is 18.5 Å². The van der Waals surface area contributed by atoms with Crippen LogP contribution < -0.4 is 0 Å². The van der Waals surface area contributed by atoms with Gasteiger partial charge in [0.1, 0.15) is 17.2 Å². The number of piperidine rings is 1. The van der Waals surface area contributed by atoms with E-state index in [1.54, 1.807) is 18.0 Å². The zero-order valence-electron chi connectivity index (χ0n) is 12.5. The second-order valence-electron chi connectivity index (χ2n) is 5.61. The number of carbonyl (C=O) groups excluding carboxylic acids is 1. The summed E-state index contributed by atoms with van der Waals surface area (Å²) >= 11 is 0. The minimum Gasteiger partial charge on any atom is -0.338 e. The van der Waals surface area contributed by atoms with Crippen LogP contribution in [0.1, 0.15) is 40.8 Å². The molecule has 3 heterocycles. The molecule has 0 aliphatic carbocycles. The summed E-state index contributed by atoms with van der Waals surface area (Å²) in [4.78, 5) is 20.3. The lowest BCUT2D eigenvalue weighted by Gasteiger charge is -2.31. The Morgan fingerprint density at radius 3 is 2.83 bits per heavy atom. The number of amides is 1. The molecule has 124 valence electrons. The number of alkyl halides is 3. The van der Waals surface area contributed by atoms with Crippen molar-refractivity contribution in [3.05, 3.63) is 35.7 Å². The smallest absolute Gasteiger partial charge is 0.338 e. The molecule has 0 saturated carbocycles. The van der Waals surface area contributed by atoms with Crippen molar-refractivity contribution in [3.63, 3.8) is 0 Å². The number of imidazole rings is 1. The van der Waals surface area contributed by atoms with Gasteiger partial charge in [0.2, 0.25) is 0 Å². The number of hydrogen-bond donors (Lipinski definition) is 1. The summed E-state index contributed by atoms with van der Waals surface area (Å²) < 4.78 is 39.5. The molecule has 0 spiro atoms. The Bertz CT molecular complexity index is 705. The molecule has 3 rings (SSSR count). The summed E-state index contributed by atoms with van der Waals surface area (Å²) in [7, 11) is 1.68. The van der Waals surface area contributed by atoms with E-state index < -0.39 is 11.9 Å². The first kappa shape index (κ1) is 15.6. The largest absolute Gasteiger partial charge is 0.432 e. The van der Waals surface area contributed by atoms with E-state index in [2.05, 4.69) is 15.1 Å². The molecule has 1 saturated heterocycles. The van der Waals surface area contributed by atoms with Crippen LogP contribution in [0.25, 0.3) is 0 Å². The second kappa shape index (κ2) is 5.71. The van der Waals surface area contributed by atoms with E-state index in [0.717, 1.165) is 12.6 Å². The van der Waals surface area contributed by atoms with Crippen molar-refractivity contribution in [2.45, 2.75) is 24.9 Å². The average molecular weight is 327 g/mol. The Balaban J connectivity index is 1.75. The first-order chi connectivity index (χ1) is 10.9. The number of halogens is 3. The third-order valence-corrected chi connectivity index (χ3v) is 4.04. The van der Waals surface area contributed by atoms with Crippen LogP contribution in [-0.2, 0) is 13.2 Å². The number of carbonyl (C=O) groups is 1. The zero-order chi connectivity index (χ0) is 16.6. The standard InChI is InChI=1S/C14H16F3N5O/c1-21-10(4-5-19-21)13(23)22-6-2-3-9(8-22)12-18-7-11(20-12)14(15,16)17/h4-5,7,9H,2-3,6,8H2,1H3,(H,18,20). The van der Waals surface area contributed by atoms with Gasteiger partial charge in [0.25, 0.3) is 5.91 Å². The topological polar surface area (TPSA) is 66.8 Å². The van der Waals surface area contributed by atoms with E-state index in [1.165, 1.54) is 10.9 Å². The molecule has 1 aliphatic heterocycles. The maximum absolute atomic E-state index is 12.7. The van der Waals surface area contributed by atoms with Gasteiger partial charge in [-0.1, -0.05) is 0 Å². The first-order valence-electron chi connectivity index (χ1n) is 7.25. The summed E-state index contributed by atoms with van der Waals surface area (Å²) in [6, 6.07) is 1.63. The molecule has 6 nitrogen and oxygen atoms in total. The van der Waals surface area contributed by atoms with Crippen molar-refractivity contribution in [2.75, 3.05) is 13.1 Å². The van der Waals surface area contributed by atoms with Crippen LogP contribution in [0, 0.1) is 0 Å². The predicted molar refractivity (Wildman–Crippen MR) is 74.7 cm³/mol. The van der Waals surface area contributed by atoms with E-state index in [9.17, 15) is 18.0 Å². The van der Waals surface area contributed by atoms with Gasteiger partial charge in [0.05, 0.1) is 6.20 Å².